The molecule has 23 heavy (non-hydrogen) atoms. The van der Waals surface area contributed by atoms with Crippen LogP contribution in [0.25, 0.3) is 22.6 Å². The lowest BCUT2D eigenvalue weighted by molar-refractivity contribution is -0.117. The van der Waals surface area contributed by atoms with Crippen LogP contribution in [-0.4, -0.2) is 10.9 Å². The maximum absolute atomic E-state index is 12.0. The van der Waals surface area contributed by atoms with Crippen molar-refractivity contribution in [3.05, 3.63) is 47.5 Å². The van der Waals surface area contributed by atoms with Gasteiger partial charge < -0.3 is 9.73 Å². The van der Waals surface area contributed by atoms with Gasteiger partial charge in [-0.15, -0.1) is 0 Å². The van der Waals surface area contributed by atoms with Gasteiger partial charge in [-0.2, -0.15) is 0 Å². The van der Waals surface area contributed by atoms with Gasteiger partial charge in [-0.05, 0) is 56.0 Å². The van der Waals surface area contributed by atoms with Gasteiger partial charge in [-0.25, -0.2) is 4.98 Å². The van der Waals surface area contributed by atoms with Crippen LogP contribution in [0, 0.1) is 19.8 Å². The number of oxazole rings is 1. The lowest BCUT2D eigenvalue weighted by atomic mass is 10.1. The van der Waals surface area contributed by atoms with Gasteiger partial charge in [0.05, 0.1) is 0 Å². The van der Waals surface area contributed by atoms with Crippen LogP contribution in [0.1, 0.15) is 24.0 Å². The number of para-hydroxylation sites is 1. The summed E-state index contributed by atoms with van der Waals surface area (Å²) in [5.74, 6) is 0.887. The van der Waals surface area contributed by atoms with Crippen molar-refractivity contribution in [1.82, 2.24) is 4.98 Å². The molecular formula is C19H18N2O2. The Morgan fingerprint density at radius 1 is 1.17 bits per heavy atom. The summed E-state index contributed by atoms with van der Waals surface area (Å²) in [7, 11) is 0. The third-order valence-corrected chi connectivity index (χ3v) is 4.39. The van der Waals surface area contributed by atoms with E-state index in [-0.39, 0.29) is 11.8 Å². The molecule has 3 aromatic rings. The number of fused-ring (bicyclic) bond motifs is 1. The quantitative estimate of drug-likeness (QED) is 0.777. The molecule has 0 unspecified atom stereocenters. The molecule has 4 nitrogen and oxygen atoms in total. The molecule has 1 saturated carbocycles. The zero-order valence-electron chi connectivity index (χ0n) is 13.2. The van der Waals surface area contributed by atoms with Crippen LogP contribution in [0.4, 0.5) is 5.69 Å². The van der Waals surface area contributed by atoms with E-state index in [2.05, 4.69) is 10.3 Å². The molecule has 0 spiro atoms. The van der Waals surface area contributed by atoms with Crippen molar-refractivity contribution in [3.8, 4) is 11.5 Å². The normalized spacial score (nSPS) is 14.2. The molecule has 0 aliphatic heterocycles. The SMILES string of the molecule is Cc1c(NC(=O)C2CC2)cccc1-c1nc2c(C)cccc2o1. The van der Waals surface area contributed by atoms with Crippen molar-refractivity contribution in [2.24, 2.45) is 5.92 Å². The van der Waals surface area contributed by atoms with Crippen molar-refractivity contribution in [2.75, 3.05) is 5.32 Å². The molecule has 4 heteroatoms. The van der Waals surface area contributed by atoms with Gasteiger partial charge in [0.25, 0.3) is 0 Å². The molecule has 0 atom stereocenters. The Bertz CT molecular complexity index is 907. The molecule has 2 aromatic carbocycles. The summed E-state index contributed by atoms with van der Waals surface area (Å²) in [5, 5.41) is 3.02. The number of nitrogens with one attached hydrogen (secondary N) is 1. The average Bonchev–Trinajstić information content (AvgIpc) is 3.29. The van der Waals surface area contributed by atoms with Gasteiger partial charge in [-0.1, -0.05) is 18.2 Å². The number of carbonyl (C=O) groups excluding carboxylic acids is 1. The van der Waals surface area contributed by atoms with Gasteiger partial charge in [0.1, 0.15) is 5.52 Å². The molecule has 4 rings (SSSR count). The molecule has 1 heterocycles. The first-order valence-electron chi connectivity index (χ1n) is 7.90. The Labute approximate surface area is 134 Å². The first-order valence-corrected chi connectivity index (χ1v) is 7.90. The first-order chi connectivity index (χ1) is 11.1. The fourth-order valence-corrected chi connectivity index (χ4v) is 2.78. The predicted molar refractivity (Wildman–Crippen MR) is 90.3 cm³/mol. The second-order valence-corrected chi connectivity index (χ2v) is 6.18. The van der Waals surface area contributed by atoms with E-state index >= 15 is 0 Å². The fourth-order valence-electron chi connectivity index (χ4n) is 2.78. The number of rotatable bonds is 3. The molecule has 1 aromatic heterocycles. The topological polar surface area (TPSA) is 55.1 Å². The summed E-state index contributed by atoms with van der Waals surface area (Å²) in [6, 6.07) is 11.7. The Kier molecular flexibility index (Phi) is 3.18. The lowest BCUT2D eigenvalue weighted by Crippen LogP contribution is -2.14. The van der Waals surface area contributed by atoms with Crippen LogP contribution in [0.15, 0.2) is 40.8 Å². The van der Waals surface area contributed by atoms with Crippen molar-refractivity contribution in [3.63, 3.8) is 0 Å². The highest BCUT2D eigenvalue weighted by atomic mass is 16.3. The monoisotopic (exact) mass is 306 g/mol. The van der Waals surface area contributed by atoms with Gasteiger partial charge in [0.15, 0.2) is 5.58 Å². The number of hydrogen-bond acceptors (Lipinski definition) is 3. The van der Waals surface area contributed by atoms with Crippen LogP contribution in [0.3, 0.4) is 0 Å². The Morgan fingerprint density at radius 3 is 2.70 bits per heavy atom. The average molecular weight is 306 g/mol. The highest BCUT2D eigenvalue weighted by Crippen LogP contribution is 2.34. The predicted octanol–water partition coefficient (Wildman–Crippen LogP) is 4.46. The molecule has 0 radical (unpaired) electrons. The largest absolute Gasteiger partial charge is 0.436 e. The van der Waals surface area contributed by atoms with E-state index in [1.807, 2.05) is 50.2 Å². The number of anilines is 1. The third kappa shape index (κ3) is 2.50. The fraction of sp³-hybridized carbons (Fsp3) is 0.263. The number of amides is 1. The summed E-state index contributed by atoms with van der Waals surface area (Å²) in [5.41, 5.74) is 5.48. The zero-order valence-corrected chi connectivity index (χ0v) is 13.2. The minimum Gasteiger partial charge on any atom is -0.436 e. The maximum atomic E-state index is 12.0. The molecule has 1 aliphatic carbocycles. The van der Waals surface area contributed by atoms with E-state index in [1.54, 1.807) is 0 Å². The number of hydrogen-bond donors (Lipinski definition) is 1. The van der Waals surface area contributed by atoms with E-state index < -0.39 is 0 Å². The van der Waals surface area contributed by atoms with Crippen molar-refractivity contribution in [2.45, 2.75) is 26.7 Å². The number of nitrogens with zero attached hydrogens (tertiary/aromatic N) is 1. The molecule has 0 saturated heterocycles. The second-order valence-electron chi connectivity index (χ2n) is 6.18. The number of aromatic nitrogens is 1. The van der Waals surface area contributed by atoms with Crippen LogP contribution >= 0.6 is 0 Å². The molecule has 1 aliphatic rings. The third-order valence-electron chi connectivity index (χ3n) is 4.39. The Hall–Kier alpha value is -2.62. The van der Waals surface area contributed by atoms with E-state index in [9.17, 15) is 4.79 Å². The highest BCUT2D eigenvalue weighted by Gasteiger charge is 2.30. The lowest BCUT2D eigenvalue weighted by Gasteiger charge is -2.10. The van der Waals surface area contributed by atoms with E-state index in [0.29, 0.717) is 5.89 Å². The zero-order chi connectivity index (χ0) is 16.0. The smallest absolute Gasteiger partial charge is 0.227 e. The van der Waals surface area contributed by atoms with Gasteiger partial charge >= 0.3 is 0 Å². The van der Waals surface area contributed by atoms with Crippen LogP contribution < -0.4 is 5.32 Å². The summed E-state index contributed by atoms with van der Waals surface area (Å²) < 4.78 is 5.91. The standard InChI is InChI=1S/C19H18N2O2/c1-11-5-3-8-16-17(11)21-19(23-16)14-6-4-7-15(12(14)2)20-18(22)13-9-10-13/h3-8,13H,9-10H2,1-2H3,(H,20,22). The molecule has 0 bridgehead atoms. The first kappa shape index (κ1) is 14.0. The van der Waals surface area contributed by atoms with Gasteiger partial charge in [0.2, 0.25) is 11.8 Å². The Morgan fingerprint density at radius 2 is 1.96 bits per heavy atom. The van der Waals surface area contributed by atoms with Crippen molar-refractivity contribution in [1.29, 1.82) is 0 Å². The second kappa shape index (κ2) is 5.23. The van der Waals surface area contributed by atoms with E-state index in [0.717, 1.165) is 46.3 Å². The van der Waals surface area contributed by atoms with E-state index in [4.69, 9.17) is 4.42 Å². The summed E-state index contributed by atoms with van der Waals surface area (Å²) >= 11 is 0. The minimum absolute atomic E-state index is 0.110. The van der Waals surface area contributed by atoms with Crippen LogP contribution in [0.2, 0.25) is 0 Å². The summed E-state index contributed by atoms with van der Waals surface area (Å²) in [6.07, 6.45) is 1.99. The minimum atomic E-state index is 0.110. The van der Waals surface area contributed by atoms with Gasteiger partial charge in [-0.3, -0.25) is 4.79 Å². The van der Waals surface area contributed by atoms with Crippen LogP contribution in [0.5, 0.6) is 0 Å². The number of aryl methyl sites for hydroxylation is 1. The summed E-state index contributed by atoms with van der Waals surface area (Å²) in [6.45, 7) is 4.01. The molecule has 1 N–H and O–H groups in total. The molecule has 1 amide bonds. The van der Waals surface area contributed by atoms with Crippen molar-refractivity contribution >= 4 is 22.7 Å². The number of carbonyl (C=O) groups is 1. The van der Waals surface area contributed by atoms with Crippen molar-refractivity contribution < 1.29 is 9.21 Å². The molecule has 1 fully saturated rings. The van der Waals surface area contributed by atoms with Crippen LogP contribution in [-0.2, 0) is 4.79 Å². The molecule has 116 valence electrons. The number of benzene rings is 2. The Balaban J connectivity index is 1.75. The maximum Gasteiger partial charge on any atom is 0.227 e. The summed E-state index contributed by atoms with van der Waals surface area (Å²) in [4.78, 5) is 16.6. The highest BCUT2D eigenvalue weighted by molar-refractivity contribution is 5.95. The van der Waals surface area contributed by atoms with E-state index in [1.165, 1.54) is 0 Å². The molecular weight excluding hydrogens is 288 g/mol. The van der Waals surface area contributed by atoms with Gasteiger partial charge in [0, 0.05) is 17.2 Å².